The van der Waals surface area contributed by atoms with E-state index in [0.29, 0.717) is 11.4 Å². The van der Waals surface area contributed by atoms with E-state index >= 15 is 0 Å². The van der Waals surface area contributed by atoms with Gasteiger partial charge in [-0.25, -0.2) is 8.42 Å². The number of nitrogens with one attached hydrogen (secondary N) is 1. The molecule has 3 aromatic carbocycles. The van der Waals surface area contributed by atoms with Crippen molar-refractivity contribution in [2.75, 3.05) is 16.2 Å². The third-order valence-electron chi connectivity index (χ3n) is 5.28. The molecule has 0 fully saturated rings. The lowest BCUT2D eigenvalue weighted by molar-refractivity contribution is -0.120. The summed E-state index contributed by atoms with van der Waals surface area (Å²) in [6.45, 7) is 3.83. The molecule has 1 aliphatic heterocycles. The zero-order chi connectivity index (χ0) is 22.0. The fraction of sp³-hybridized carbons (Fsp3) is 0.208. The molecule has 7 heteroatoms. The number of rotatable bonds is 6. The fourth-order valence-corrected chi connectivity index (χ4v) is 4.77. The lowest BCUT2D eigenvalue weighted by Gasteiger charge is -2.22. The minimum absolute atomic E-state index is 0.0777. The molecule has 1 N–H and O–H groups in total. The van der Waals surface area contributed by atoms with Crippen molar-refractivity contribution in [3.05, 3.63) is 83.9 Å². The van der Waals surface area contributed by atoms with Crippen molar-refractivity contribution >= 4 is 27.3 Å². The highest BCUT2D eigenvalue weighted by molar-refractivity contribution is 7.92. The largest absolute Gasteiger partial charge is 0.484 e. The predicted octanol–water partition coefficient (Wildman–Crippen LogP) is 4.15. The van der Waals surface area contributed by atoms with Crippen LogP contribution in [-0.2, 0) is 21.2 Å². The van der Waals surface area contributed by atoms with Crippen LogP contribution in [0.25, 0.3) is 0 Å². The number of carbonyl (C=O) groups excluding carboxylic acids is 1. The van der Waals surface area contributed by atoms with Gasteiger partial charge in [-0.15, -0.1) is 0 Å². The number of hydrogen-bond donors (Lipinski definition) is 1. The summed E-state index contributed by atoms with van der Waals surface area (Å²) in [6.07, 6.45) is 0.822. The molecule has 1 amide bonds. The number of para-hydroxylation sites is 1. The monoisotopic (exact) mass is 436 g/mol. The fourth-order valence-electron chi connectivity index (χ4n) is 3.71. The SMILES string of the molecule is Cc1ccc(NS(=O)(=O)c2ccc(OCC(=O)N3c4ccccc4C[C@H]3C)cc2)cc1. The second-order valence-electron chi connectivity index (χ2n) is 7.68. The lowest BCUT2D eigenvalue weighted by atomic mass is 10.1. The van der Waals surface area contributed by atoms with E-state index in [9.17, 15) is 13.2 Å². The van der Waals surface area contributed by atoms with E-state index in [-0.39, 0.29) is 23.5 Å². The first kappa shape index (κ1) is 20.9. The first-order valence-corrected chi connectivity index (χ1v) is 11.5. The van der Waals surface area contributed by atoms with E-state index < -0.39 is 10.0 Å². The second kappa shape index (κ2) is 8.43. The number of carbonyl (C=O) groups is 1. The third kappa shape index (κ3) is 4.56. The van der Waals surface area contributed by atoms with Gasteiger partial charge in [0.25, 0.3) is 15.9 Å². The molecule has 160 valence electrons. The molecule has 1 atom stereocenters. The summed E-state index contributed by atoms with van der Waals surface area (Å²) in [5, 5.41) is 0. The van der Waals surface area contributed by atoms with Gasteiger partial charge in [0.1, 0.15) is 5.75 Å². The lowest BCUT2D eigenvalue weighted by Crippen LogP contribution is -2.39. The molecule has 31 heavy (non-hydrogen) atoms. The van der Waals surface area contributed by atoms with Crippen LogP contribution in [-0.4, -0.2) is 27.0 Å². The highest BCUT2D eigenvalue weighted by atomic mass is 32.2. The van der Waals surface area contributed by atoms with E-state index in [1.165, 1.54) is 12.1 Å². The van der Waals surface area contributed by atoms with Crippen molar-refractivity contribution in [2.45, 2.75) is 31.2 Å². The summed E-state index contributed by atoms with van der Waals surface area (Å²) in [4.78, 5) is 14.6. The van der Waals surface area contributed by atoms with Gasteiger partial charge >= 0.3 is 0 Å². The molecule has 0 saturated carbocycles. The molecule has 6 nitrogen and oxygen atoms in total. The number of aryl methyl sites for hydroxylation is 1. The minimum atomic E-state index is -3.71. The maximum absolute atomic E-state index is 12.7. The summed E-state index contributed by atoms with van der Waals surface area (Å²) >= 11 is 0. The number of anilines is 2. The van der Waals surface area contributed by atoms with Crippen LogP contribution in [0, 0.1) is 6.92 Å². The van der Waals surface area contributed by atoms with Crippen LogP contribution >= 0.6 is 0 Å². The van der Waals surface area contributed by atoms with E-state index in [1.54, 1.807) is 29.2 Å². The molecule has 0 aliphatic carbocycles. The zero-order valence-corrected chi connectivity index (χ0v) is 18.2. The molecule has 0 radical (unpaired) electrons. The van der Waals surface area contributed by atoms with E-state index in [4.69, 9.17) is 4.74 Å². The maximum Gasteiger partial charge on any atom is 0.265 e. The first-order valence-electron chi connectivity index (χ1n) is 10.1. The van der Waals surface area contributed by atoms with Crippen LogP contribution in [0.5, 0.6) is 5.75 Å². The molecular formula is C24H24N2O4S. The number of benzene rings is 3. The van der Waals surface area contributed by atoms with Gasteiger partial charge in [-0.1, -0.05) is 35.9 Å². The Labute approximate surface area is 182 Å². The zero-order valence-electron chi connectivity index (χ0n) is 17.4. The summed E-state index contributed by atoms with van der Waals surface area (Å²) in [7, 11) is -3.71. The molecule has 0 spiro atoms. The Balaban J connectivity index is 1.40. The van der Waals surface area contributed by atoms with Crippen molar-refractivity contribution < 1.29 is 17.9 Å². The van der Waals surface area contributed by atoms with Crippen molar-refractivity contribution in [1.29, 1.82) is 0 Å². The molecule has 1 heterocycles. The van der Waals surface area contributed by atoms with Crippen LogP contribution in [0.1, 0.15) is 18.1 Å². The minimum Gasteiger partial charge on any atom is -0.484 e. The van der Waals surface area contributed by atoms with Crippen LogP contribution in [0.3, 0.4) is 0 Å². The summed E-state index contributed by atoms with van der Waals surface area (Å²) < 4.78 is 33.3. The smallest absolute Gasteiger partial charge is 0.265 e. The number of fused-ring (bicyclic) bond motifs is 1. The quantitative estimate of drug-likeness (QED) is 0.630. The van der Waals surface area contributed by atoms with Gasteiger partial charge in [-0.3, -0.25) is 9.52 Å². The Kier molecular flexibility index (Phi) is 5.69. The van der Waals surface area contributed by atoms with Gasteiger partial charge in [0.2, 0.25) is 0 Å². The third-order valence-corrected chi connectivity index (χ3v) is 6.67. The molecule has 0 aromatic heterocycles. The van der Waals surface area contributed by atoms with Crippen molar-refractivity contribution in [2.24, 2.45) is 0 Å². The Bertz CT molecular complexity index is 1190. The molecule has 1 aliphatic rings. The number of sulfonamides is 1. The molecule has 0 saturated heterocycles. The van der Waals surface area contributed by atoms with Gasteiger partial charge in [0.05, 0.1) is 4.90 Å². The highest BCUT2D eigenvalue weighted by Crippen LogP contribution is 2.32. The summed E-state index contributed by atoms with van der Waals surface area (Å²) in [5.74, 6) is 0.304. The second-order valence-corrected chi connectivity index (χ2v) is 9.36. The van der Waals surface area contributed by atoms with Crippen molar-refractivity contribution in [3.63, 3.8) is 0 Å². The van der Waals surface area contributed by atoms with Crippen LogP contribution < -0.4 is 14.4 Å². The number of nitrogens with zero attached hydrogens (tertiary/aromatic N) is 1. The summed E-state index contributed by atoms with van der Waals surface area (Å²) in [6, 6.07) is 21.1. The standard InChI is InChI=1S/C24H24N2O4S/c1-17-7-9-20(10-8-17)25-31(28,29)22-13-11-21(12-14-22)30-16-24(27)26-18(2)15-19-5-3-4-6-23(19)26/h3-14,18,25H,15-16H2,1-2H3/t18-/m1/s1. The van der Waals surface area contributed by atoms with E-state index in [2.05, 4.69) is 4.72 Å². The van der Waals surface area contributed by atoms with Crippen LogP contribution in [0.15, 0.2) is 77.7 Å². The Hall–Kier alpha value is -3.32. The molecule has 0 unspecified atom stereocenters. The first-order chi connectivity index (χ1) is 14.8. The topological polar surface area (TPSA) is 75.7 Å². The number of ether oxygens (including phenoxy) is 1. The Morgan fingerprint density at radius 3 is 2.42 bits per heavy atom. The van der Waals surface area contributed by atoms with Gasteiger partial charge in [0, 0.05) is 17.4 Å². The average Bonchev–Trinajstić information content (AvgIpc) is 3.09. The molecule has 4 rings (SSSR count). The average molecular weight is 437 g/mol. The molecular weight excluding hydrogens is 412 g/mol. The normalized spacial score (nSPS) is 15.4. The molecule has 0 bridgehead atoms. The van der Waals surface area contributed by atoms with E-state index in [1.807, 2.05) is 50.2 Å². The number of amides is 1. The number of hydrogen-bond acceptors (Lipinski definition) is 4. The van der Waals surface area contributed by atoms with Gasteiger partial charge in [0.15, 0.2) is 6.61 Å². The Morgan fingerprint density at radius 2 is 1.71 bits per heavy atom. The summed E-state index contributed by atoms with van der Waals surface area (Å²) in [5.41, 5.74) is 3.62. The highest BCUT2D eigenvalue weighted by Gasteiger charge is 2.30. The van der Waals surface area contributed by atoms with Gasteiger partial charge in [-0.2, -0.15) is 0 Å². The van der Waals surface area contributed by atoms with Crippen molar-refractivity contribution in [3.8, 4) is 5.75 Å². The van der Waals surface area contributed by atoms with Crippen LogP contribution in [0.4, 0.5) is 11.4 Å². The van der Waals surface area contributed by atoms with Crippen molar-refractivity contribution in [1.82, 2.24) is 0 Å². The van der Waals surface area contributed by atoms with E-state index in [0.717, 1.165) is 23.2 Å². The predicted molar refractivity (Wildman–Crippen MR) is 121 cm³/mol. The van der Waals surface area contributed by atoms with Crippen LogP contribution in [0.2, 0.25) is 0 Å². The van der Waals surface area contributed by atoms with Gasteiger partial charge < -0.3 is 9.64 Å². The Morgan fingerprint density at radius 1 is 1.03 bits per heavy atom. The maximum atomic E-state index is 12.7. The van der Waals surface area contributed by atoms with Gasteiger partial charge in [-0.05, 0) is 68.3 Å². The molecule has 3 aromatic rings.